The van der Waals surface area contributed by atoms with E-state index in [1.807, 2.05) is 30.3 Å². The highest BCUT2D eigenvalue weighted by molar-refractivity contribution is 5.80. The van der Waals surface area contributed by atoms with E-state index in [9.17, 15) is 9.59 Å². The summed E-state index contributed by atoms with van der Waals surface area (Å²) in [4.78, 5) is 31.3. The van der Waals surface area contributed by atoms with Crippen molar-refractivity contribution in [3.05, 3.63) is 46.9 Å². The number of aromatic nitrogens is 2. The van der Waals surface area contributed by atoms with Crippen LogP contribution in [0.5, 0.6) is 5.88 Å². The quantitative estimate of drug-likeness (QED) is 0.834. The van der Waals surface area contributed by atoms with Crippen molar-refractivity contribution >= 4 is 5.91 Å². The Labute approximate surface area is 163 Å². The third kappa shape index (κ3) is 3.01. The number of H-pyrrole nitrogens is 1. The van der Waals surface area contributed by atoms with Gasteiger partial charge in [0.2, 0.25) is 5.88 Å². The monoisotopic (exact) mass is 379 g/mol. The minimum atomic E-state index is -0.737. The molecule has 4 bridgehead atoms. The maximum absolute atomic E-state index is 12.4. The number of nitrogens with zero attached hydrogens (tertiary/aromatic N) is 1. The highest BCUT2D eigenvalue weighted by Crippen LogP contribution is 2.61. The summed E-state index contributed by atoms with van der Waals surface area (Å²) in [5.74, 6) is 1.73. The van der Waals surface area contributed by atoms with Gasteiger partial charge in [0.25, 0.3) is 5.91 Å². The van der Waals surface area contributed by atoms with Gasteiger partial charge in [0.05, 0.1) is 5.69 Å². The molecule has 0 saturated heterocycles. The van der Waals surface area contributed by atoms with Crippen LogP contribution in [0.1, 0.15) is 38.5 Å². The molecule has 4 aliphatic rings. The fourth-order valence-corrected chi connectivity index (χ4v) is 6.37. The molecule has 2 aromatic rings. The molecular formula is C22H25N3O3. The normalized spacial score (nSPS) is 31.5. The van der Waals surface area contributed by atoms with Crippen LogP contribution in [0.4, 0.5) is 0 Å². The lowest BCUT2D eigenvalue weighted by Crippen LogP contribution is -2.57. The topological polar surface area (TPSA) is 98.1 Å². The van der Waals surface area contributed by atoms with Crippen LogP contribution >= 0.6 is 0 Å². The fraction of sp³-hybridized carbons (Fsp3) is 0.500. The van der Waals surface area contributed by atoms with Gasteiger partial charge < -0.3 is 15.5 Å². The second kappa shape index (κ2) is 6.47. The third-order valence-corrected chi connectivity index (χ3v) is 6.94. The summed E-state index contributed by atoms with van der Waals surface area (Å²) in [7, 11) is 0. The number of benzene rings is 1. The van der Waals surface area contributed by atoms with Crippen molar-refractivity contribution in [1.82, 2.24) is 9.97 Å². The average molecular weight is 379 g/mol. The van der Waals surface area contributed by atoms with E-state index < -0.39 is 17.7 Å². The molecule has 28 heavy (non-hydrogen) atoms. The SMILES string of the molecule is NC(=O)C(Oc1cc(-c2ccccc2)[nH]c(=O)n1)C12CC3CC(CC(C3)C1)C2. The molecule has 3 N–H and O–H groups in total. The molecule has 1 aromatic heterocycles. The molecule has 0 aliphatic heterocycles. The van der Waals surface area contributed by atoms with Crippen molar-refractivity contribution < 1.29 is 9.53 Å². The Morgan fingerprint density at radius 2 is 1.71 bits per heavy atom. The Hall–Kier alpha value is -2.63. The Kier molecular flexibility index (Phi) is 4.03. The van der Waals surface area contributed by atoms with Crippen LogP contribution in [0.2, 0.25) is 0 Å². The van der Waals surface area contributed by atoms with Crippen LogP contribution < -0.4 is 16.2 Å². The van der Waals surface area contributed by atoms with Crippen molar-refractivity contribution in [2.75, 3.05) is 0 Å². The highest BCUT2D eigenvalue weighted by atomic mass is 16.5. The van der Waals surface area contributed by atoms with Crippen LogP contribution in [0.25, 0.3) is 11.3 Å². The lowest BCUT2D eigenvalue weighted by Gasteiger charge is -2.58. The average Bonchev–Trinajstić information content (AvgIpc) is 2.65. The number of hydrogen-bond acceptors (Lipinski definition) is 4. The van der Waals surface area contributed by atoms with Crippen molar-refractivity contribution in [3.8, 4) is 17.1 Å². The maximum atomic E-state index is 12.4. The number of nitrogens with two attached hydrogens (primary N) is 1. The molecular weight excluding hydrogens is 354 g/mol. The van der Waals surface area contributed by atoms with E-state index in [1.54, 1.807) is 6.07 Å². The van der Waals surface area contributed by atoms with Crippen molar-refractivity contribution in [1.29, 1.82) is 0 Å². The molecule has 1 aromatic carbocycles. The molecule has 1 unspecified atom stereocenters. The first-order valence-electron chi connectivity index (χ1n) is 10.1. The van der Waals surface area contributed by atoms with Crippen LogP contribution in [0.15, 0.2) is 41.2 Å². The predicted molar refractivity (Wildman–Crippen MR) is 105 cm³/mol. The summed E-state index contributed by atoms with van der Waals surface area (Å²) in [6, 6.07) is 11.2. The van der Waals surface area contributed by atoms with Gasteiger partial charge in [-0.05, 0) is 61.8 Å². The summed E-state index contributed by atoms with van der Waals surface area (Å²) < 4.78 is 6.10. The number of rotatable bonds is 5. The Balaban J connectivity index is 1.48. The lowest BCUT2D eigenvalue weighted by atomic mass is 9.48. The molecule has 6 nitrogen and oxygen atoms in total. The summed E-state index contributed by atoms with van der Waals surface area (Å²) in [6.45, 7) is 0. The summed E-state index contributed by atoms with van der Waals surface area (Å²) in [6.07, 6.45) is 6.04. The minimum absolute atomic E-state index is 0.169. The van der Waals surface area contributed by atoms with Gasteiger partial charge in [0.15, 0.2) is 6.10 Å². The molecule has 4 aliphatic carbocycles. The van der Waals surface area contributed by atoms with Crippen molar-refractivity contribution in [3.63, 3.8) is 0 Å². The van der Waals surface area contributed by atoms with E-state index in [2.05, 4.69) is 9.97 Å². The number of nitrogens with one attached hydrogen (secondary N) is 1. The molecule has 0 radical (unpaired) electrons. The van der Waals surface area contributed by atoms with E-state index in [4.69, 9.17) is 10.5 Å². The number of carbonyl (C=O) groups excluding carboxylic acids is 1. The standard InChI is InChI=1S/C22H25N3O3/c23-20(26)19(22-10-13-6-14(11-22)8-15(7-13)12-22)28-18-9-17(24-21(27)25-18)16-4-2-1-3-5-16/h1-5,9,13-15,19H,6-8,10-12H2,(H2,23,26)(H,24,25,27). The van der Waals surface area contributed by atoms with Gasteiger partial charge in [-0.2, -0.15) is 4.98 Å². The first kappa shape index (κ1) is 17.5. The summed E-state index contributed by atoms with van der Waals surface area (Å²) in [5.41, 5.74) is 6.58. The molecule has 0 spiro atoms. The molecule has 6 heteroatoms. The van der Waals surface area contributed by atoms with E-state index >= 15 is 0 Å². The molecule has 1 heterocycles. The summed E-state index contributed by atoms with van der Waals surface area (Å²) in [5, 5.41) is 0. The van der Waals surface area contributed by atoms with Gasteiger partial charge in [-0.25, -0.2) is 4.79 Å². The van der Waals surface area contributed by atoms with E-state index in [0.717, 1.165) is 24.8 Å². The zero-order valence-electron chi connectivity index (χ0n) is 15.8. The number of ether oxygens (including phenoxy) is 1. The number of hydrogen-bond donors (Lipinski definition) is 2. The van der Waals surface area contributed by atoms with Crippen LogP contribution in [0.3, 0.4) is 0 Å². The number of carbonyl (C=O) groups is 1. The van der Waals surface area contributed by atoms with Gasteiger partial charge in [0, 0.05) is 11.5 Å². The van der Waals surface area contributed by atoms with Gasteiger partial charge >= 0.3 is 5.69 Å². The van der Waals surface area contributed by atoms with Crippen LogP contribution in [0, 0.1) is 23.2 Å². The van der Waals surface area contributed by atoms with E-state index in [1.165, 1.54) is 19.3 Å². The molecule has 1 amide bonds. The zero-order valence-corrected chi connectivity index (χ0v) is 15.8. The largest absolute Gasteiger partial charge is 0.463 e. The molecule has 4 fully saturated rings. The minimum Gasteiger partial charge on any atom is -0.463 e. The zero-order chi connectivity index (χ0) is 19.3. The number of aromatic amines is 1. The third-order valence-electron chi connectivity index (χ3n) is 6.94. The first-order chi connectivity index (χ1) is 13.5. The van der Waals surface area contributed by atoms with Gasteiger partial charge in [-0.1, -0.05) is 30.3 Å². The summed E-state index contributed by atoms with van der Waals surface area (Å²) >= 11 is 0. The Morgan fingerprint density at radius 1 is 1.11 bits per heavy atom. The second-order valence-corrected chi connectivity index (χ2v) is 8.98. The van der Waals surface area contributed by atoms with Gasteiger partial charge in [-0.15, -0.1) is 0 Å². The first-order valence-corrected chi connectivity index (χ1v) is 10.1. The van der Waals surface area contributed by atoms with Crippen LogP contribution in [-0.2, 0) is 4.79 Å². The predicted octanol–water partition coefficient (Wildman–Crippen LogP) is 2.89. The highest BCUT2D eigenvalue weighted by Gasteiger charge is 2.56. The lowest BCUT2D eigenvalue weighted by molar-refractivity contribution is -0.148. The molecule has 6 rings (SSSR count). The molecule has 4 saturated carbocycles. The molecule has 1 atom stereocenters. The van der Waals surface area contributed by atoms with Gasteiger partial charge in [-0.3, -0.25) is 4.79 Å². The fourth-order valence-electron chi connectivity index (χ4n) is 6.37. The van der Waals surface area contributed by atoms with Gasteiger partial charge in [0.1, 0.15) is 0 Å². The molecule has 146 valence electrons. The Morgan fingerprint density at radius 3 is 2.29 bits per heavy atom. The number of primary amides is 1. The van der Waals surface area contributed by atoms with Crippen LogP contribution in [-0.4, -0.2) is 22.0 Å². The maximum Gasteiger partial charge on any atom is 0.348 e. The van der Waals surface area contributed by atoms with Crippen molar-refractivity contribution in [2.45, 2.75) is 44.6 Å². The number of amides is 1. The Bertz CT molecular complexity index is 918. The van der Waals surface area contributed by atoms with E-state index in [0.29, 0.717) is 23.4 Å². The second-order valence-electron chi connectivity index (χ2n) is 8.98. The van der Waals surface area contributed by atoms with Crippen molar-refractivity contribution in [2.24, 2.45) is 28.9 Å². The smallest absolute Gasteiger partial charge is 0.348 e. The van der Waals surface area contributed by atoms with E-state index in [-0.39, 0.29) is 11.3 Å².